The number of aromatic nitrogens is 4. The summed E-state index contributed by atoms with van der Waals surface area (Å²) in [5, 5.41) is 32.1. The summed E-state index contributed by atoms with van der Waals surface area (Å²) in [6, 6.07) is 25.4. The number of rotatable bonds is 7. The van der Waals surface area contributed by atoms with Crippen LogP contribution in [0.1, 0.15) is 40.3 Å². The Balaban J connectivity index is 0.000000170. The number of carbonyl (C=O) groups excluding carboxylic acids is 2. The summed E-state index contributed by atoms with van der Waals surface area (Å²) in [6.45, 7) is 10.6. The predicted molar refractivity (Wildman–Crippen MR) is 254 cm³/mol. The maximum absolute atomic E-state index is 13.5. The summed E-state index contributed by atoms with van der Waals surface area (Å²) >= 11 is 2.61. The third-order valence-electron chi connectivity index (χ3n) is 11.8. The molecule has 0 bridgehead atoms. The zero-order valence-corrected chi connectivity index (χ0v) is 38.9. The van der Waals surface area contributed by atoms with Crippen LogP contribution >= 0.6 is 22.7 Å². The number of anilines is 2. The van der Waals surface area contributed by atoms with E-state index in [1.165, 1.54) is 28.7 Å². The molecule has 20 heteroatoms. The Labute approximate surface area is 399 Å². The highest BCUT2D eigenvalue weighted by molar-refractivity contribution is 7.20. The highest BCUT2D eigenvalue weighted by Crippen LogP contribution is 2.42. The smallest absolute Gasteiger partial charge is 0.323 e. The van der Waals surface area contributed by atoms with E-state index in [1.54, 1.807) is 53.1 Å². The molecular weight excluding hydrogens is 911 g/mol. The molecule has 0 radical (unpaired) electrons. The number of hydrogen-bond donors (Lipinski definition) is 4. The second kappa shape index (κ2) is 20.2. The number of ether oxygens (including phenoxy) is 2. The van der Waals surface area contributed by atoms with Gasteiger partial charge in [-0.15, -0.1) is 0 Å². The van der Waals surface area contributed by atoms with Gasteiger partial charge in [0.15, 0.2) is 10.3 Å². The van der Waals surface area contributed by atoms with Crippen molar-refractivity contribution in [3.8, 4) is 55.5 Å². The average molecular weight is 957 g/mol. The number of urea groups is 2. The average Bonchev–Trinajstić information content (AvgIpc) is 4.16. The van der Waals surface area contributed by atoms with Crippen molar-refractivity contribution in [2.45, 2.75) is 51.5 Å². The molecule has 4 aliphatic rings. The van der Waals surface area contributed by atoms with E-state index >= 15 is 0 Å². The number of amides is 4. The second-order valence-corrected chi connectivity index (χ2v) is 18.7. The molecule has 6 aromatic rings. The summed E-state index contributed by atoms with van der Waals surface area (Å²) in [5.41, 5.74) is 7.15. The van der Waals surface area contributed by atoms with E-state index in [9.17, 15) is 28.9 Å². The Kier molecular flexibility index (Phi) is 13.8. The van der Waals surface area contributed by atoms with Crippen LogP contribution in [0.25, 0.3) is 43.4 Å². The lowest BCUT2D eigenvalue weighted by Gasteiger charge is -2.25. The topological polar surface area (TPSA) is 206 Å². The number of morpholine rings is 2. The van der Waals surface area contributed by atoms with Crippen molar-refractivity contribution < 1.29 is 27.8 Å². The molecule has 4 fully saturated rings. The van der Waals surface area contributed by atoms with Gasteiger partial charge in [-0.2, -0.15) is 10.5 Å². The Hall–Kier alpha value is -6.78. The highest BCUT2D eigenvalue weighted by Gasteiger charge is 2.39. The van der Waals surface area contributed by atoms with Crippen LogP contribution in [-0.2, 0) is 9.47 Å². The normalized spacial score (nSPS) is 19.6. The Morgan fingerprint density at radius 1 is 0.662 bits per heavy atom. The third kappa shape index (κ3) is 10.4. The molecule has 4 saturated heterocycles. The van der Waals surface area contributed by atoms with Gasteiger partial charge in [-0.25, -0.2) is 28.3 Å². The molecule has 0 aliphatic carbocycles. The van der Waals surface area contributed by atoms with Crippen LogP contribution in [0.3, 0.4) is 0 Å². The van der Waals surface area contributed by atoms with Gasteiger partial charge in [0, 0.05) is 54.4 Å². The fourth-order valence-electron chi connectivity index (χ4n) is 8.76. The van der Waals surface area contributed by atoms with E-state index in [-0.39, 0.29) is 42.0 Å². The summed E-state index contributed by atoms with van der Waals surface area (Å²) in [6.07, 6.45) is -2.73. The summed E-state index contributed by atoms with van der Waals surface area (Å²) < 4.78 is 38.4. The van der Waals surface area contributed by atoms with Gasteiger partial charge in [-0.1, -0.05) is 46.9 Å². The van der Waals surface area contributed by atoms with Crippen molar-refractivity contribution in [3.63, 3.8) is 0 Å². The van der Waals surface area contributed by atoms with Crippen LogP contribution in [0.4, 0.5) is 28.6 Å². The standard InChI is InChI=1S/C24H22F2N6O2S.C24H24N6O2S/c1-13-7-16(9-17(29-13)22(25)26)21-20(15-4-2-3-14(8-15)10-27)30-23(35-21)31-24(33)32-11-18-19(12-32)34-6-5-28-18;1-14-8-18(9-15(2)27-14)22-21(17-5-3-4-16(10-17)11-25)28-23(33-22)29-24(31)30-12-19-20(13-30)32-7-6-26-19/h2-4,7-9,18-19,22,28H,5-6,11-12H2,1H3,(H,30,31,33);3-5,8-10,19-20,26H,6-7,12-13H2,1-2H3,(H,28,29,31)/t18-,19+;/m0./s1. The number of carbonyl (C=O) groups is 2. The number of aryl methyl sites for hydroxylation is 3. The molecule has 0 saturated carbocycles. The summed E-state index contributed by atoms with van der Waals surface area (Å²) in [4.78, 5) is 48.8. The number of benzene rings is 2. The maximum atomic E-state index is 13.5. The summed E-state index contributed by atoms with van der Waals surface area (Å²) in [5.74, 6) is 0. The summed E-state index contributed by atoms with van der Waals surface area (Å²) in [7, 11) is 0. The van der Waals surface area contributed by atoms with Gasteiger partial charge in [0.2, 0.25) is 0 Å². The van der Waals surface area contributed by atoms with Gasteiger partial charge in [0.25, 0.3) is 6.43 Å². The number of pyridine rings is 2. The molecule has 4 N–H and O–H groups in total. The Bertz CT molecular complexity index is 2900. The number of nitrogens with one attached hydrogen (secondary N) is 4. The van der Waals surface area contributed by atoms with Gasteiger partial charge >= 0.3 is 12.1 Å². The number of halogens is 2. The lowest BCUT2D eigenvalue weighted by molar-refractivity contribution is 0.0187. The van der Waals surface area contributed by atoms with Crippen molar-refractivity contribution in [2.24, 2.45) is 0 Å². The number of nitriles is 2. The van der Waals surface area contributed by atoms with Crippen LogP contribution in [0.15, 0.2) is 72.8 Å². The fourth-order valence-corrected chi connectivity index (χ4v) is 10.7. The molecule has 4 aromatic heterocycles. The molecule has 4 atom stereocenters. The number of fused-ring (bicyclic) bond motifs is 2. The van der Waals surface area contributed by atoms with Crippen LogP contribution < -0.4 is 21.3 Å². The molecular formula is C48H46F2N12O4S2. The minimum Gasteiger partial charge on any atom is -0.373 e. The van der Waals surface area contributed by atoms with Gasteiger partial charge < -0.3 is 29.9 Å². The van der Waals surface area contributed by atoms with Crippen molar-refractivity contribution >= 4 is 45.0 Å². The van der Waals surface area contributed by atoms with Gasteiger partial charge in [-0.05, 0) is 80.4 Å². The minimum absolute atomic E-state index is 0.0309. The SMILES string of the molecule is Cc1cc(-c2sc(NC(=O)N3CC4NCCOC4C3)nc2-c2cccc(C#N)c2)cc(C)n1.Cc1cc(-c2sc(NC(=O)N3C[C@@H]4NCCO[C@@H]4C3)nc2-c2cccc(C#N)c2)cc(C(F)F)n1. The minimum atomic E-state index is -2.72. The maximum Gasteiger partial charge on any atom is 0.323 e. The molecule has 10 rings (SSSR count). The van der Waals surface area contributed by atoms with Gasteiger partial charge in [-0.3, -0.25) is 20.6 Å². The Morgan fingerprint density at radius 3 is 1.56 bits per heavy atom. The zero-order chi connectivity index (χ0) is 47.5. The molecule has 68 heavy (non-hydrogen) atoms. The zero-order valence-electron chi connectivity index (χ0n) is 37.3. The quantitative estimate of drug-likeness (QED) is 0.121. The number of nitrogens with zero attached hydrogens (tertiary/aromatic N) is 8. The van der Waals surface area contributed by atoms with E-state index in [1.807, 2.05) is 44.2 Å². The lowest BCUT2D eigenvalue weighted by Crippen LogP contribution is -2.47. The van der Waals surface area contributed by atoms with Crippen molar-refractivity contribution in [2.75, 3.05) is 63.1 Å². The van der Waals surface area contributed by atoms with Crippen LogP contribution in [0, 0.1) is 43.4 Å². The number of thiazole rings is 2. The van der Waals surface area contributed by atoms with Crippen molar-refractivity contribution in [1.29, 1.82) is 10.5 Å². The fraction of sp³-hybridized carbons (Fsp3) is 0.333. The molecule has 2 unspecified atom stereocenters. The highest BCUT2D eigenvalue weighted by atomic mass is 32.1. The first-order chi connectivity index (χ1) is 32.9. The van der Waals surface area contributed by atoms with E-state index in [0.717, 1.165) is 46.2 Å². The van der Waals surface area contributed by atoms with E-state index < -0.39 is 6.43 Å². The molecule has 8 heterocycles. The molecule has 16 nitrogen and oxygen atoms in total. The number of alkyl halides is 2. The van der Waals surface area contributed by atoms with E-state index in [4.69, 9.17) is 14.5 Å². The van der Waals surface area contributed by atoms with Crippen LogP contribution in [0.5, 0.6) is 0 Å². The van der Waals surface area contributed by atoms with Crippen molar-refractivity contribution in [3.05, 3.63) is 107 Å². The monoisotopic (exact) mass is 956 g/mol. The molecule has 0 spiro atoms. The van der Waals surface area contributed by atoms with Crippen LogP contribution in [-0.4, -0.2) is 119 Å². The van der Waals surface area contributed by atoms with Crippen molar-refractivity contribution in [1.82, 2.24) is 40.4 Å². The largest absolute Gasteiger partial charge is 0.373 e. The Morgan fingerprint density at radius 2 is 1.12 bits per heavy atom. The molecule has 4 aliphatic heterocycles. The molecule has 348 valence electrons. The molecule has 4 amide bonds. The number of likely N-dealkylation sites (tertiary alicyclic amines) is 2. The van der Waals surface area contributed by atoms with E-state index in [2.05, 4.69) is 48.4 Å². The van der Waals surface area contributed by atoms with E-state index in [0.29, 0.717) is 88.2 Å². The first kappa shape index (κ1) is 46.3. The number of hydrogen-bond acceptors (Lipinski definition) is 14. The van der Waals surface area contributed by atoms with Crippen LogP contribution in [0.2, 0.25) is 0 Å². The van der Waals surface area contributed by atoms with Gasteiger partial charge in [0.1, 0.15) is 5.69 Å². The molecule has 2 aromatic carbocycles. The lowest BCUT2D eigenvalue weighted by atomic mass is 10.0. The first-order valence-corrected chi connectivity index (χ1v) is 23.6. The third-order valence-corrected chi connectivity index (χ3v) is 13.8. The predicted octanol–water partition coefficient (Wildman–Crippen LogP) is 7.76. The second-order valence-electron chi connectivity index (χ2n) is 16.8. The first-order valence-electron chi connectivity index (χ1n) is 22.0. The van der Waals surface area contributed by atoms with Gasteiger partial charge in [0.05, 0.1) is 95.0 Å².